The van der Waals surface area contributed by atoms with Gasteiger partial charge < -0.3 is 15.1 Å². The SMILES string of the molecule is Cc1ncnc(C)c1C(=O)N1CCC(C)(N2CCN([C@H](c3cccc(F)c3)C3CCN(S(=O)(=O)C4CC4)CC3)[C@H](C)C2)CC1.O=C(O)CCC(=O)O. The van der Waals surface area contributed by atoms with Crippen LogP contribution in [0.5, 0.6) is 0 Å². The maximum atomic E-state index is 14.5. The van der Waals surface area contributed by atoms with Crippen LogP contribution in [-0.4, -0.2) is 128 Å². The second kappa shape index (κ2) is 16.6. The maximum Gasteiger partial charge on any atom is 0.303 e. The van der Waals surface area contributed by atoms with Crippen LogP contribution < -0.4 is 0 Å². The van der Waals surface area contributed by atoms with Crippen LogP contribution in [0.15, 0.2) is 30.6 Å². The molecule has 6 rings (SSSR count). The molecule has 2 atom stereocenters. The number of halogens is 1. The molecule has 0 bridgehead atoms. The number of piperidine rings is 2. The first-order valence-corrected chi connectivity index (χ1v) is 19.9. The lowest BCUT2D eigenvalue weighted by Gasteiger charge is -2.54. The smallest absolute Gasteiger partial charge is 0.303 e. The highest BCUT2D eigenvalue weighted by atomic mass is 32.2. The highest BCUT2D eigenvalue weighted by Gasteiger charge is 2.45. The van der Waals surface area contributed by atoms with Crippen molar-refractivity contribution in [1.29, 1.82) is 0 Å². The van der Waals surface area contributed by atoms with Crippen LogP contribution in [0, 0.1) is 25.6 Å². The van der Waals surface area contributed by atoms with E-state index in [2.05, 4.69) is 33.6 Å². The summed E-state index contributed by atoms with van der Waals surface area (Å²) in [5.74, 6) is -2.10. The van der Waals surface area contributed by atoms with E-state index in [0.717, 1.165) is 75.1 Å². The van der Waals surface area contributed by atoms with Gasteiger partial charge in [0.15, 0.2) is 0 Å². The molecule has 1 amide bonds. The number of carboxylic acid groups (broad SMARTS) is 2. The number of carboxylic acids is 2. The summed E-state index contributed by atoms with van der Waals surface area (Å²) in [4.78, 5) is 48.3. The molecule has 286 valence electrons. The molecule has 13 nitrogen and oxygen atoms in total. The number of aryl methyl sites for hydroxylation is 2. The van der Waals surface area contributed by atoms with Crippen molar-refractivity contribution in [2.75, 3.05) is 45.8 Å². The molecule has 4 fully saturated rings. The third kappa shape index (κ3) is 9.33. The van der Waals surface area contributed by atoms with Crippen LogP contribution in [0.3, 0.4) is 0 Å². The molecular formula is C37H53FN6O7S. The van der Waals surface area contributed by atoms with Crippen molar-refractivity contribution in [3.05, 3.63) is 58.9 Å². The fourth-order valence-corrected chi connectivity index (χ4v) is 9.98. The predicted molar refractivity (Wildman–Crippen MR) is 193 cm³/mol. The van der Waals surface area contributed by atoms with E-state index >= 15 is 0 Å². The number of likely N-dealkylation sites (tertiary alicyclic amines) is 1. The van der Waals surface area contributed by atoms with E-state index in [9.17, 15) is 27.2 Å². The van der Waals surface area contributed by atoms with Crippen LogP contribution >= 0.6 is 0 Å². The van der Waals surface area contributed by atoms with Crippen LogP contribution in [0.2, 0.25) is 0 Å². The van der Waals surface area contributed by atoms with E-state index < -0.39 is 22.0 Å². The zero-order chi connectivity index (χ0) is 37.8. The normalized spacial score (nSPS) is 22.6. The van der Waals surface area contributed by atoms with Gasteiger partial charge in [-0.05, 0) is 89.8 Å². The molecule has 4 aliphatic rings. The number of nitrogens with zero attached hydrogens (tertiary/aromatic N) is 6. The Morgan fingerprint density at radius 2 is 1.52 bits per heavy atom. The van der Waals surface area contributed by atoms with Gasteiger partial charge in [-0.3, -0.25) is 24.2 Å². The molecule has 4 heterocycles. The van der Waals surface area contributed by atoms with Crippen LogP contribution in [0.4, 0.5) is 4.39 Å². The van der Waals surface area contributed by atoms with Gasteiger partial charge in [-0.15, -0.1) is 0 Å². The molecule has 3 aliphatic heterocycles. The summed E-state index contributed by atoms with van der Waals surface area (Å²) < 4.78 is 42.0. The molecule has 52 heavy (non-hydrogen) atoms. The molecular weight excluding hydrogens is 692 g/mol. The van der Waals surface area contributed by atoms with Crippen molar-refractivity contribution in [3.63, 3.8) is 0 Å². The second-order valence-electron chi connectivity index (χ2n) is 15.0. The number of sulfonamides is 1. The number of carbonyl (C=O) groups is 3. The summed E-state index contributed by atoms with van der Waals surface area (Å²) in [6, 6.07) is 7.29. The zero-order valence-electron chi connectivity index (χ0n) is 30.7. The van der Waals surface area contributed by atoms with Crippen molar-refractivity contribution in [2.24, 2.45) is 5.92 Å². The Morgan fingerprint density at radius 3 is 2.04 bits per heavy atom. The van der Waals surface area contributed by atoms with Gasteiger partial charge in [0, 0.05) is 63.4 Å². The summed E-state index contributed by atoms with van der Waals surface area (Å²) in [7, 11) is -3.18. The molecule has 1 aliphatic carbocycles. The van der Waals surface area contributed by atoms with Gasteiger partial charge in [0.25, 0.3) is 5.91 Å². The summed E-state index contributed by atoms with van der Waals surface area (Å²) in [5.41, 5.74) is 3.05. The Balaban J connectivity index is 0.000000587. The van der Waals surface area contributed by atoms with Crippen molar-refractivity contribution >= 4 is 27.9 Å². The van der Waals surface area contributed by atoms with Gasteiger partial charge in [-0.2, -0.15) is 0 Å². The molecule has 0 unspecified atom stereocenters. The number of hydrogen-bond acceptors (Lipinski definition) is 9. The number of aromatic nitrogens is 2. The van der Waals surface area contributed by atoms with Gasteiger partial charge in [-0.25, -0.2) is 27.1 Å². The zero-order valence-corrected chi connectivity index (χ0v) is 31.5. The Bertz CT molecular complexity index is 1670. The van der Waals surface area contributed by atoms with E-state index in [1.165, 1.54) is 12.4 Å². The quantitative estimate of drug-likeness (QED) is 0.360. The van der Waals surface area contributed by atoms with Crippen molar-refractivity contribution in [3.8, 4) is 0 Å². The minimum absolute atomic E-state index is 0.00866. The fraction of sp³-hybridized carbons (Fsp3) is 0.649. The molecule has 15 heteroatoms. The molecule has 0 spiro atoms. The predicted octanol–water partition coefficient (Wildman–Crippen LogP) is 4.11. The maximum absolute atomic E-state index is 14.5. The summed E-state index contributed by atoms with van der Waals surface area (Å²) in [6.07, 6.45) is 5.85. The minimum atomic E-state index is -3.18. The number of hydrogen-bond donors (Lipinski definition) is 2. The topological polar surface area (TPSA) is 165 Å². The Kier molecular flexibility index (Phi) is 12.7. The highest BCUT2D eigenvalue weighted by molar-refractivity contribution is 7.90. The van der Waals surface area contributed by atoms with Gasteiger partial charge in [-0.1, -0.05) is 12.1 Å². The first-order chi connectivity index (χ1) is 24.6. The summed E-state index contributed by atoms with van der Waals surface area (Å²) in [6.45, 7) is 13.5. The lowest BCUT2D eigenvalue weighted by atomic mass is 9.82. The van der Waals surface area contributed by atoms with Gasteiger partial charge in [0.05, 0.1) is 35.0 Å². The third-order valence-electron chi connectivity index (χ3n) is 11.4. The standard InChI is InChI=1S/C33H47FN6O3S.C4H6O4/c1-23-21-38(33(4)12-16-37(17-13-33)32(41)30-24(2)35-22-36-25(30)3)18-19-40(23)31(27-6-5-7-28(34)20-27)26-10-14-39(15-11-26)44(42,43)29-8-9-29;5-3(6)1-2-4(7)8/h5-7,20,22-23,26,29,31H,8-19,21H2,1-4H3;1-2H2,(H,5,6)(H,7,8)/t23-,31+;/m1./s1. The first kappa shape index (κ1) is 39.7. The molecule has 2 aromatic rings. The van der Waals surface area contributed by atoms with Crippen LogP contribution in [0.1, 0.15) is 98.6 Å². The lowest BCUT2D eigenvalue weighted by Crippen LogP contribution is -2.63. The molecule has 1 saturated carbocycles. The third-order valence-corrected chi connectivity index (χ3v) is 13.8. The number of amides is 1. The summed E-state index contributed by atoms with van der Waals surface area (Å²) >= 11 is 0. The highest BCUT2D eigenvalue weighted by Crippen LogP contribution is 2.41. The molecule has 3 saturated heterocycles. The van der Waals surface area contributed by atoms with Gasteiger partial charge in [0.1, 0.15) is 12.1 Å². The van der Waals surface area contributed by atoms with E-state index in [0.29, 0.717) is 31.7 Å². The Hall–Kier alpha value is -3.53. The van der Waals surface area contributed by atoms with E-state index in [-0.39, 0.29) is 53.4 Å². The van der Waals surface area contributed by atoms with Gasteiger partial charge in [0.2, 0.25) is 10.0 Å². The average molecular weight is 745 g/mol. The van der Waals surface area contributed by atoms with Crippen molar-refractivity contribution < 1.29 is 37.4 Å². The number of aliphatic carboxylic acids is 2. The number of rotatable bonds is 10. The van der Waals surface area contributed by atoms with Crippen LogP contribution in [0.25, 0.3) is 0 Å². The van der Waals surface area contributed by atoms with Crippen molar-refractivity contribution in [2.45, 2.75) is 102 Å². The Morgan fingerprint density at radius 1 is 0.923 bits per heavy atom. The van der Waals surface area contributed by atoms with Crippen LogP contribution in [-0.2, 0) is 19.6 Å². The van der Waals surface area contributed by atoms with Gasteiger partial charge >= 0.3 is 11.9 Å². The minimum Gasteiger partial charge on any atom is -0.481 e. The summed E-state index contributed by atoms with van der Waals surface area (Å²) in [5, 5.41) is 15.6. The van der Waals surface area contributed by atoms with E-state index in [1.807, 2.05) is 24.8 Å². The Labute approximate surface area is 306 Å². The number of benzene rings is 1. The number of carbonyl (C=O) groups excluding carboxylic acids is 1. The molecule has 0 radical (unpaired) electrons. The molecule has 2 N–H and O–H groups in total. The van der Waals surface area contributed by atoms with E-state index in [1.54, 1.807) is 16.4 Å². The largest absolute Gasteiger partial charge is 0.481 e. The van der Waals surface area contributed by atoms with Crippen molar-refractivity contribution in [1.82, 2.24) is 29.0 Å². The lowest BCUT2D eigenvalue weighted by molar-refractivity contribution is -0.143. The fourth-order valence-electron chi connectivity index (χ4n) is 8.11. The monoisotopic (exact) mass is 744 g/mol. The average Bonchev–Trinajstić information content (AvgIpc) is 3.96. The molecule has 1 aromatic carbocycles. The first-order valence-electron chi connectivity index (χ1n) is 18.4. The number of piperazine rings is 1. The molecule has 1 aromatic heterocycles. The second-order valence-corrected chi connectivity index (χ2v) is 17.2. The van der Waals surface area contributed by atoms with E-state index in [4.69, 9.17) is 10.2 Å².